The van der Waals surface area contributed by atoms with E-state index in [1.165, 1.54) is 7.11 Å². The van der Waals surface area contributed by atoms with Gasteiger partial charge in [0.05, 0.1) is 13.2 Å². The van der Waals surface area contributed by atoms with E-state index in [2.05, 4.69) is 4.74 Å². The third-order valence-corrected chi connectivity index (χ3v) is 2.28. The molecule has 0 heterocycles. The number of hydrogen-bond acceptors (Lipinski definition) is 2. The van der Waals surface area contributed by atoms with Gasteiger partial charge >= 0.3 is 0 Å². The van der Waals surface area contributed by atoms with E-state index in [1.807, 2.05) is 6.07 Å². The highest BCUT2D eigenvalue weighted by Gasteiger charge is 2.17. The third kappa shape index (κ3) is 2.37. The van der Waals surface area contributed by atoms with Crippen molar-refractivity contribution in [3.8, 4) is 11.8 Å². The van der Waals surface area contributed by atoms with Crippen LogP contribution in [0.2, 0.25) is 5.02 Å². The number of halogens is 3. The Kier molecular flexibility index (Phi) is 3.87. The summed E-state index contributed by atoms with van der Waals surface area (Å²) in [7, 11) is 1.27. The van der Waals surface area contributed by atoms with Gasteiger partial charge in [0, 0.05) is 18.1 Å². The number of nitriles is 1. The van der Waals surface area contributed by atoms with Crippen LogP contribution in [0.25, 0.3) is 0 Å². The standard InChI is InChI=1S/C10H8ClF2NO/c1-15-8-5-7(12)6(3-2-4-14)10(13)9(8)11/h5H,2-3H2,1H3. The number of benzene rings is 1. The van der Waals surface area contributed by atoms with E-state index in [0.717, 1.165) is 6.07 Å². The largest absolute Gasteiger partial charge is 0.495 e. The fourth-order valence-corrected chi connectivity index (χ4v) is 1.42. The molecule has 0 bridgehead atoms. The van der Waals surface area contributed by atoms with Crippen LogP contribution >= 0.6 is 11.6 Å². The molecular formula is C10H8ClF2NO. The lowest BCUT2D eigenvalue weighted by atomic mass is 10.1. The lowest BCUT2D eigenvalue weighted by Gasteiger charge is -2.08. The van der Waals surface area contributed by atoms with Crippen LogP contribution < -0.4 is 4.74 Å². The first kappa shape index (κ1) is 11.7. The molecule has 2 nitrogen and oxygen atoms in total. The zero-order valence-corrected chi connectivity index (χ0v) is 8.74. The Morgan fingerprint density at radius 1 is 1.53 bits per heavy atom. The van der Waals surface area contributed by atoms with Crippen LogP contribution in [0, 0.1) is 23.0 Å². The molecule has 0 amide bonds. The summed E-state index contributed by atoms with van der Waals surface area (Å²) in [5.41, 5.74) is -0.178. The molecule has 0 radical (unpaired) electrons. The summed E-state index contributed by atoms with van der Waals surface area (Å²) >= 11 is 5.60. The zero-order chi connectivity index (χ0) is 11.4. The van der Waals surface area contributed by atoms with Crippen LogP contribution in [-0.2, 0) is 6.42 Å². The van der Waals surface area contributed by atoms with Crippen molar-refractivity contribution in [3.05, 3.63) is 28.3 Å². The van der Waals surface area contributed by atoms with Gasteiger partial charge in [0.25, 0.3) is 0 Å². The first-order chi connectivity index (χ1) is 7.11. The average Bonchev–Trinajstić information content (AvgIpc) is 2.23. The number of methoxy groups -OCH3 is 1. The minimum Gasteiger partial charge on any atom is -0.495 e. The molecule has 0 aromatic heterocycles. The second-order valence-corrected chi connectivity index (χ2v) is 3.20. The molecule has 1 aromatic rings. The molecule has 0 aliphatic heterocycles. The highest BCUT2D eigenvalue weighted by molar-refractivity contribution is 6.32. The minimum atomic E-state index is -0.858. The van der Waals surface area contributed by atoms with Gasteiger partial charge in [0.15, 0.2) is 5.82 Å². The summed E-state index contributed by atoms with van der Waals surface area (Å²) in [6.07, 6.45) is 0.0361. The van der Waals surface area contributed by atoms with Crippen molar-refractivity contribution < 1.29 is 13.5 Å². The van der Waals surface area contributed by atoms with E-state index >= 15 is 0 Å². The molecule has 0 unspecified atom stereocenters. The lowest BCUT2D eigenvalue weighted by molar-refractivity contribution is 0.405. The third-order valence-electron chi connectivity index (χ3n) is 1.93. The van der Waals surface area contributed by atoms with Crippen LogP contribution in [0.15, 0.2) is 6.07 Å². The topological polar surface area (TPSA) is 33.0 Å². The van der Waals surface area contributed by atoms with Crippen LogP contribution in [0.3, 0.4) is 0 Å². The van der Waals surface area contributed by atoms with Gasteiger partial charge in [-0.2, -0.15) is 5.26 Å². The molecule has 80 valence electrons. The molecule has 15 heavy (non-hydrogen) atoms. The maximum Gasteiger partial charge on any atom is 0.151 e. The molecular weight excluding hydrogens is 224 g/mol. The van der Waals surface area contributed by atoms with Gasteiger partial charge < -0.3 is 4.74 Å². The molecule has 0 aliphatic carbocycles. The van der Waals surface area contributed by atoms with E-state index < -0.39 is 11.6 Å². The maximum absolute atomic E-state index is 13.5. The number of ether oxygens (including phenoxy) is 1. The summed E-state index contributed by atoms with van der Waals surface area (Å²) in [5.74, 6) is -1.65. The molecule has 1 aromatic carbocycles. The number of nitrogens with zero attached hydrogens (tertiary/aromatic N) is 1. The molecule has 0 saturated carbocycles. The molecule has 0 fully saturated rings. The molecule has 0 spiro atoms. The molecule has 0 atom stereocenters. The Hall–Kier alpha value is -1.34. The molecule has 0 saturated heterocycles. The monoisotopic (exact) mass is 231 g/mol. The van der Waals surface area contributed by atoms with Crippen LogP contribution in [0.1, 0.15) is 12.0 Å². The van der Waals surface area contributed by atoms with Gasteiger partial charge in [-0.25, -0.2) is 8.78 Å². The van der Waals surface area contributed by atoms with E-state index in [4.69, 9.17) is 16.9 Å². The fraction of sp³-hybridized carbons (Fsp3) is 0.300. The van der Waals surface area contributed by atoms with Gasteiger partial charge in [-0.15, -0.1) is 0 Å². The van der Waals surface area contributed by atoms with E-state index in [9.17, 15) is 8.78 Å². The summed E-state index contributed by atoms with van der Waals surface area (Å²) in [6.45, 7) is 0. The fourth-order valence-electron chi connectivity index (χ4n) is 1.17. The van der Waals surface area contributed by atoms with Crippen molar-refractivity contribution in [2.75, 3.05) is 7.11 Å². The van der Waals surface area contributed by atoms with Crippen molar-refractivity contribution in [1.29, 1.82) is 5.26 Å². The number of rotatable bonds is 3. The first-order valence-electron chi connectivity index (χ1n) is 4.19. The van der Waals surface area contributed by atoms with Crippen LogP contribution in [0.4, 0.5) is 8.78 Å². The van der Waals surface area contributed by atoms with E-state index in [1.54, 1.807) is 0 Å². The predicted molar refractivity (Wildman–Crippen MR) is 51.9 cm³/mol. The molecule has 0 N–H and O–H groups in total. The second-order valence-electron chi connectivity index (χ2n) is 2.83. The highest BCUT2D eigenvalue weighted by atomic mass is 35.5. The summed E-state index contributed by atoms with van der Waals surface area (Å²) in [6, 6.07) is 2.82. The Morgan fingerprint density at radius 3 is 2.73 bits per heavy atom. The van der Waals surface area contributed by atoms with Gasteiger partial charge in [-0.05, 0) is 6.42 Å². The Bertz CT molecular complexity index is 415. The zero-order valence-electron chi connectivity index (χ0n) is 7.98. The van der Waals surface area contributed by atoms with Crippen LogP contribution in [0.5, 0.6) is 5.75 Å². The maximum atomic E-state index is 13.5. The van der Waals surface area contributed by atoms with Crippen molar-refractivity contribution in [2.24, 2.45) is 0 Å². The summed E-state index contributed by atoms with van der Waals surface area (Å²) in [4.78, 5) is 0. The second kappa shape index (κ2) is 4.94. The quantitative estimate of drug-likeness (QED) is 0.749. The van der Waals surface area contributed by atoms with Gasteiger partial charge in [-0.3, -0.25) is 0 Å². The smallest absolute Gasteiger partial charge is 0.151 e. The van der Waals surface area contributed by atoms with E-state index in [0.29, 0.717) is 0 Å². The summed E-state index contributed by atoms with van der Waals surface area (Å²) in [5, 5.41) is 8.07. The van der Waals surface area contributed by atoms with Crippen molar-refractivity contribution in [2.45, 2.75) is 12.8 Å². The normalized spacial score (nSPS) is 9.80. The van der Waals surface area contributed by atoms with Gasteiger partial charge in [0.1, 0.15) is 16.6 Å². The van der Waals surface area contributed by atoms with Crippen molar-refractivity contribution in [3.63, 3.8) is 0 Å². The minimum absolute atomic E-state index is 0.00210. The summed E-state index contributed by atoms with van der Waals surface area (Å²) < 4.78 is 31.5. The molecule has 1 rings (SSSR count). The Balaban J connectivity index is 3.18. The highest BCUT2D eigenvalue weighted by Crippen LogP contribution is 2.31. The number of hydrogen-bond donors (Lipinski definition) is 0. The van der Waals surface area contributed by atoms with Gasteiger partial charge in [-0.1, -0.05) is 11.6 Å². The first-order valence-corrected chi connectivity index (χ1v) is 4.57. The van der Waals surface area contributed by atoms with Crippen molar-refractivity contribution in [1.82, 2.24) is 0 Å². The SMILES string of the molecule is COc1cc(F)c(CCC#N)c(F)c1Cl. The molecule has 0 aliphatic rings. The van der Waals surface area contributed by atoms with E-state index in [-0.39, 0.29) is 29.2 Å². The average molecular weight is 232 g/mol. The predicted octanol–water partition coefficient (Wildman–Crippen LogP) is 3.08. The Morgan fingerprint density at radius 2 is 2.20 bits per heavy atom. The van der Waals surface area contributed by atoms with Gasteiger partial charge in [0.2, 0.25) is 0 Å². The Labute approximate surface area is 91.0 Å². The molecule has 5 heteroatoms. The van der Waals surface area contributed by atoms with Crippen LogP contribution in [-0.4, -0.2) is 7.11 Å². The van der Waals surface area contributed by atoms with Crippen molar-refractivity contribution >= 4 is 11.6 Å². The lowest BCUT2D eigenvalue weighted by Crippen LogP contribution is -1.99.